The van der Waals surface area contributed by atoms with Crippen LogP contribution in [0.15, 0.2) is 72.0 Å². The highest BCUT2D eigenvalue weighted by Crippen LogP contribution is 2.35. The van der Waals surface area contributed by atoms with Crippen molar-refractivity contribution in [3.05, 3.63) is 100.0 Å². The molecule has 1 aliphatic rings. The van der Waals surface area contributed by atoms with Gasteiger partial charge < -0.3 is 19.7 Å². The highest BCUT2D eigenvalue weighted by Gasteiger charge is 2.21. The normalized spacial score (nSPS) is 12.5. The number of halogens is 1. The molecule has 3 heterocycles. The summed E-state index contributed by atoms with van der Waals surface area (Å²) in [7, 11) is 3.29. The van der Waals surface area contributed by atoms with Crippen molar-refractivity contribution >= 4 is 35.1 Å². The molecule has 0 unspecified atom stereocenters. The predicted octanol–water partition coefficient (Wildman–Crippen LogP) is 5.37. The van der Waals surface area contributed by atoms with E-state index < -0.39 is 0 Å². The molecule has 5 rings (SSSR count). The summed E-state index contributed by atoms with van der Waals surface area (Å²) in [5.74, 6) is 2.73. The molecule has 8 nitrogen and oxygen atoms in total. The fraction of sp³-hybridized carbons (Fsp3) is 0.267. The molecule has 0 radical (unpaired) electrons. The highest BCUT2D eigenvalue weighted by atomic mass is 35.5. The van der Waals surface area contributed by atoms with Gasteiger partial charge in [0.15, 0.2) is 16.7 Å². The molecule has 0 bridgehead atoms. The van der Waals surface area contributed by atoms with Crippen LogP contribution in [0.4, 0.5) is 5.82 Å². The van der Waals surface area contributed by atoms with Crippen molar-refractivity contribution in [3.8, 4) is 11.5 Å². The van der Waals surface area contributed by atoms with Gasteiger partial charge in [0.25, 0.3) is 5.91 Å². The number of hydrogen-bond acceptors (Lipinski definition) is 8. The number of thioether (sulfide) groups is 1. The number of carbonyl (C=O) groups is 1. The number of carbonyl (C=O) groups excluding carboxylic acids is 1. The Morgan fingerprint density at radius 2 is 1.85 bits per heavy atom. The first-order chi connectivity index (χ1) is 19.5. The van der Waals surface area contributed by atoms with Crippen molar-refractivity contribution in [3.63, 3.8) is 0 Å². The van der Waals surface area contributed by atoms with Gasteiger partial charge in [-0.3, -0.25) is 9.78 Å². The number of ether oxygens (including phenoxy) is 2. The smallest absolute Gasteiger partial charge is 0.251 e. The van der Waals surface area contributed by atoms with Crippen LogP contribution in [0, 0.1) is 0 Å². The zero-order valence-corrected chi connectivity index (χ0v) is 24.0. The van der Waals surface area contributed by atoms with Gasteiger partial charge in [0, 0.05) is 55.3 Å². The molecule has 2 aromatic carbocycles. The molecular weight excluding hydrogens is 546 g/mol. The number of methoxy groups -OCH3 is 2. The van der Waals surface area contributed by atoms with Crippen LogP contribution in [0.3, 0.4) is 0 Å². The summed E-state index contributed by atoms with van der Waals surface area (Å²) in [6.07, 6.45) is 3.29. The molecule has 0 fully saturated rings. The van der Waals surface area contributed by atoms with E-state index in [2.05, 4.69) is 26.3 Å². The predicted molar refractivity (Wildman–Crippen MR) is 158 cm³/mol. The number of rotatable bonds is 10. The van der Waals surface area contributed by atoms with Crippen LogP contribution in [0.25, 0.3) is 0 Å². The minimum absolute atomic E-state index is 0.108. The number of aromatic nitrogens is 3. The molecule has 10 heteroatoms. The van der Waals surface area contributed by atoms with E-state index in [-0.39, 0.29) is 5.91 Å². The summed E-state index contributed by atoms with van der Waals surface area (Å²) in [5.41, 5.74) is 4.97. The van der Waals surface area contributed by atoms with Gasteiger partial charge in [0.1, 0.15) is 11.0 Å². The van der Waals surface area contributed by atoms with E-state index in [1.165, 1.54) is 22.9 Å². The maximum absolute atomic E-state index is 12.7. The van der Waals surface area contributed by atoms with Crippen molar-refractivity contribution in [1.29, 1.82) is 0 Å². The number of pyridine rings is 1. The van der Waals surface area contributed by atoms with Crippen molar-refractivity contribution in [2.75, 3.05) is 32.2 Å². The minimum Gasteiger partial charge on any atom is -0.493 e. The van der Waals surface area contributed by atoms with E-state index in [1.807, 2.05) is 48.5 Å². The molecular formula is C30H30ClN5O3S. The lowest BCUT2D eigenvalue weighted by atomic mass is 9.99. The van der Waals surface area contributed by atoms with Gasteiger partial charge >= 0.3 is 0 Å². The van der Waals surface area contributed by atoms with Gasteiger partial charge in [-0.15, -0.1) is 0 Å². The fourth-order valence-corrected chi connectivity index (χ4v) is 5.62. The van der Waals surface area contributed by atoms with Crippen molar-refractivity contribution in [2.45, 2.75) is 30.3 Å². The number of nitrogens with zero attached hydrogens (tertiary/aromatic N) is 4. The molecule has 0 spiro atoms. The number of nitrogens with one attached hydrogen (secondary N) is 1. The zero-order chi connectivity index (χ0) is 27.9. The molecule has 2 aromatic heterocycles. The maximum Gasteiger partial charge on any atom is 0.251 e. The van der Waals surface area contributed by atoms with Gasteiger partial charge in [-0.05, 0) is 59.5 Å². The Balaban J connectivity index is 1.21. The van der Waals surface area contributed by atoms with Crippen LogP contribution < -0.4 is 19.7 Å². The third kappa shape index (κ3) is 6.84. The van der Waals surface area contributed by atoms with Crippen molar-refractivity contribution < 1.29 is 14.3 Å². The molecule has 1 aliphatic heterocycles. The van der Waals surface area contributed by atoms with Crippen LogP contribution in [-0.2, 0) is 25.1 Å². The van der Waals surface area contributed by atoms with Crippen LogP contribution in [0.5, 0.6) is 11.5 Å². The second-order valence-corrected chi connectivity index (χ2v) is 10.6. The summed E-state index contributed by atoms with van der Waals surface area (Å²) in [4.78, 5) is 28.4. The summed E-state index contributed by atoms with van der Waals surface area (Å²) in [5, 5.41) is 3.96. The van der Waals surface area contributed by atoms with E-state index in [9.17, 15) is 4.79 Å². The molecule has 206 valence electrons. The fourth-order valence-electron chi connectivity index (χ4n) is 4.59. The van der Waals surface area contributed by atoms with Gasteiger partial charge in [-0.1, -0.05) is 41.6 Å². The van der Waals surface area contributed by atoms with Crippen LogP contribution in [0.2, 0.25) is 5.15 Å². The second kappa shape index (κ2) is 13.0. The molecule has 0 saturated carbocycles. The van der Waals surface area contributed by atoms with Gasteiger partial charge in [-0.2, -0.15) is 0 Å². The number of benzene rings is 2. The van der Waals surface area contributed by atoms with Crippen LogP contribution in [-0.4, -0.2) is 48.2 Å². The Morgan fingerprint density at radius 3 is 2.62 bits per heavy atom. The minimum atomic E-state index is -0.108. The topological polar surface area (TPSA) is 89.5 Å². The number of hydrogen-bond donors (Lipinski definition) is 1. The number of anilines is 1. The van der Waals surface area contributed by atoms with Gasteiger partial charge in [0.05, 0.1) is 14.2 Å². The monoisotopic (exact) mass is 575 g/mol. The Kier molecular flexibility index (Phi) is 9.03. The highest BCUT2D eigenvalue weighted by molar-refractivity contribution is 7.98. The summed E-state index contributed by atoms with van der Waals surface area (Å²) < 4.78 is 11.0. The largest absolute Gasteiger partial charge is 0.493 e. The molecule has 0 saturated heterocycles. The lowest BCUT2D eigenvalue weighted by molar-refractivity contribution is 0.0954. The zero-order valence-electron chi connectivity index (χ0n) is 22.4. The molecule has 0 aliphatic carbocycles. The molecule has 4 aromatic rings. The average molecular weight is 576 g/mol. The Morgan fingerprint density at radius 1 is 1.02 bits per heavy atom. The summed E-state index contributed by atoms with van der Waals surface area (Å²) in [6, 6.07) is 19.2. The molecule has 0 atom stereocenters. The Bertz CT molecular complexity index is 1490. The Labute approximate surface area is 243 Å². The first kappa shape index (κ1) is 27.7. The van der Waals surface area contributed by atoms with Gasteiger partial charge in [0.2, 0.25) is 0 Å². The third-order valence-corrected chi connectivity index (χ3v) is 7.76. The maximum atomic E-state index is 12.7. The Hall–Kier alpha value is -3.82. The van der Waals surface area contributed by atoms with Crippen LogP contribution in [0.1, 0.15) is 32.7 Å². The number of fused-ring (bicyclic) bond motifs is 1. The third-order valence-electron chi connectivity index (χ3n) is 6.65. The van der Waals surface area contributed by atoms with E-state index in [1.54, 1.807) is 26.5 Å². The lowest BCUT2D eigenvalue weighted by Crippen LogP contribution is -2.31. The van der Waals surface area contributed by atoms with Crippen LogP contribution >= 0.6 is 23.4 Å². The molecule has 1 N–H and O–H groups in total. The summed E-state index contributed by atoms with van der Waals surface area (Å²) in [6.45, 7) is 2.01. The van der Waals surface area contributed by atoms with Crippen molar-refractivity contribution in [2.24, 2.45) is 0 Å². The average Bonchev–Trinajstić information content (AvgIpc) is 2.99. The quantitative estimate of drug-likeness (QED) is 0.153. The van der Waals surface area contributed by atoms with E-state index in [0.717, 1.165) is 35.8 Å². The lowest BCUT2D eigenvalue weighted by Gasteiger charge is -2.30. The number of amides is 1. The molecule has 1 amide bonds. The molecule has 40 heavy (non-hydrogen) atoms. The first-order valence-electron chi connectivity index (χ1n) is 13.0. The standard InChI is InChI=1S/C30H30ClN5O3S/c1-38-25-15-21-10-13-36(18-23(21)16-26(25)39-2)28-17-27(31)34-30(35-28)40-19-20-6-5-7-22(14-20)29(37)33-12-9-24-8-3-4-11-32-24/h3-8,11,14-17H,9-10,12-13,18-19H2,1-2H3,(H,33,37). The van der Waals surface area contributed by atoms with E-state index in [4.69, 9.17) is 26.1 Å². The van der Waals surface area contributed by atoms with E-state index >= 15 is 0 Å². The summed E-state index contributed by atoms with van der Waals surface area (Å²) >= 11 is 7.90. The van der Waals surface area contributed by atoms with E-state index in [0.29, 0.717) is 46.9 Å². The SMILES string of the molecule is COc1cc2c(cc1OC)CN(c1cc(Cl)nc(SCc3cccc(C(=O)NCCc4ccccn4)c3)n1)CC2. The second-order valence-electron chi connectivity index (χ2n) is 9.29. The van der Waals surface area contributed by atoms with Crippen molar-refractivity contribution in [1.82, 2.24) is 20.3 Å². The van der Waals surface area contributed by atoms with Gasteiger partial charge in [-0.25, -0.2) is 9.97 Å². The first-order valence-corrected chi connectivity index (χ1v) is 14.3.